The van der Waals surface area contributed by atoms with E-state index in [0.717, 1.165) is 48.6 Å². The Kier molecular flexibility index (Phi) is 6.59. The molecule has 1 atom stereocenters. The fourth-order valence-electron chi connectivity index (χ4n) is 3.94. The van der Waals surface area contributed by atoms with Gasteiger partial charge in [-0.05, 0) is 68.7 Å². The molecule has 1 N–H and O–H groups in total. The van der Waals surface area contributed by atoms with Crippen molar-refractivity contribution in [3.05, 3.63) is 66.1 Å². The molecule has 1 amide bonds. The molecule has 0 spiro atoms. The van der Waals surface area contributed by atoms with E-state index in [-0.39, 0.29) is 11.2 Å². The van der Waals surface area contributed by atoms with Crippen LogP contribution in [0.3, 0.4) is 0 Å². The third-order valence-corrected chi connectivity index (χ3v) is 7.45. The number of fused-ring (bicyclic) bond motifs is 1. The Hall–Kier alpha value is -2.51. The minimum Gasteiger partial charge on any atom is -0.348 e. The summed E-state index contributed by atoms with van der Waals surface area (Å²) in [7, 11) is -0.972. The number of imidazole rings is 1. The van der Waals surface area contributed by atoms with Gasteiger partial charge in [0.25, 0.3) is 5.91 Å². The van der Waals surface area contributed by atoms with E-state index in [1.54, 1.807) is 18.5 Å². The number of hydrogen-bond acceptors (Lipinski definition) is 4. The summed E-state index contributed by atoms with van der Waals surface area (Å²) < 4.78 is 14.8. The topological polar surface area (TPSA) is 66.7 Å². The third kappa shape index (κ3) is 4.79. The zero-order valence-corrected chi connectivity index (χ0v) is 18.1. The average Bonchev–Trinajstić information content (AvgIpc) is 3.26. The third-order valence-electron chi connectivity index (χ3n) is 5.64. The maximum atomic E-state index is 12.9. The van der Waals surface area contributed by atoms with Gasteiger partial charge in [-0.3, -0.25) is 9.00 Å². The summed E-state index contributed by atoms with van der Waals surface area (Å²) in [6, 6.07) is 11.4. The second-order valence-electron chi connectivity index (χ2n) is 7.78. The zero-order valence-electron chi connectivity index (χ0n) is 17.3. The molecule has 30 heavy (non-hydrogen) atoms. The Morgan fingerprint density at radius 2 is 1.93 bits per heavy atom. The molecule has 158 valence electrons. The lowest BCUT2D eigenvalue weighted by atomic mass is 10.1. The van der Waals surface area contributed by atoms with Crippen LogP contribution < -0.4 is 5.32 Å². The molecule has 1 aliphatic rings. The first-order valence-electron chi connectivity index (χ1n) is 10.6. The average molecular weight is 425 g/mol. The minimum absolute atomic E-state index is 0.128. The van der Waals surface area contributed by atoms with E-state index in [0.29, 0.717) is 12.1 Å². The van der Waals surface area contributed by atoms with Crippen molar-refractivity contribution < 1.29 is 9.00 Å². The van der Waals surface area contributed by atoms with Crippen LogP contribution in [0.15, 0.2) is 59.9 Å². The molecule has 3 aromatic rings. The normalized spacial score (nSPS) is 16.6. The van der Waals surface area contributed by atoms with Crippen LogP contribution in [0, 0.1) is 0 Å². The molecule has 1 unspecified atom stereocenters. The lowest BCUT2D eigenvalue weighted by Crippen LogP contribution is -2.37. The number of piperidine rings is 1. The zero-order chi connectivity index (χ0) is 20.9. The van der Waals surface area contributed by atoms with Crippen molar-refractivity contribution in [2.75, 3.05) is 19.6 Å². The first kappa shape index (κ1) is 20.8. The van der Waals surface area contributed by atoms with Crippen molar-refractivity contribution in [1.82, 2.24) is 19.6 Å². The van der Waals surface area contributed by atoms with Crippen molar-refractivity contribution in [3.63, 3.8) is 0 Å². The summed E-state index contributed by atoms with van der Waals surface area (Å²) in [6.07, 6.45) is 8.45. The maximum absolute atomic E-state index is 12.9. The summed E-state index contributed by atoms with van der Waals surface area (Å²) >= 11 is 0. The van der Waals surface area contributed by atoms with Crippen molar-refractivity contribution in [1.29, 1.82) is 0 Å². The lowest BCUT2D eigenvalue weighted by Gasteiger charge is -2.31. The second-order valence-corrected chi connectivity index (χ2v) is 9.51. The minimum atomic E-state index is -0.972. The van der Waals surface area contributed by atoms with Crippen LogP contribution in [0.5, 0.6) is 0 Å². The molecule has 6 nitrogen and oxygen atoms in total. The highest BCUT2D eigenvalue weighted by atomic mass is 32.2. The molecule has 0 bridgehead atoms. The second kappa shape index (κ2) is 9.53. The van der Waals surface area contributed by atoms with Crippen LogP contribution in [0.25, 0.3) is 5.65 Å². The summed E-state index contributed by atoms with van der Waals surface area (Å²) in [4.78, 5) is 20.0. The number of pyridine rings is 1. The first-order chi connectivity index (χ1) is 14.6. The number of likely N-dealkylation sites (tertiary alicyclic amines) is 1. The van der Waals surface area contributed by atoms with E-state index in [2.05, 4.69) is 22.1 Å². The number of amides is 1. The molecule has 1 aliphatic heterocycles. The number of carbonyl (C=O) groups excluding carboxylic acids is 1. The molecule has 0 radical (unpaired) electrons. The molecular formula is C23H28N4O2S. The van der Waals surface area contributed by atoms with Gasteiger partial charge in [0.15, 0.2) is 0 Å². The van der Waals surface area contributed by atoms with Crippen LogP contribution >= 0.6 is 0 Å². The summed E-state index contributed by atoms with van der Waals surface area (Å²) in [6.45, 7) is 5.85. The van der Waals surface area contributed by atoms with Gasteiger partial charge in [0.05, 0.1) is 16.4 Å². The Labute approximate surface area is 179 Å². The van der Waals surface area contributed by atoms with Gasteiger partial charge in [-0.25, -0.2) is 4.98 Å². The molecule has 7 heteroatoms. The number of nitrogens with zero attached hydrogens (tertiary/aromatic N) is 3. The molecule has 0 saturated carbocycles. The monoisotopic (exact) mass is 424 g/mol. The van der Waals surface area contributed by atoms with E-state index >= 15 is 0 Å². The summed E-state index contributed by atoms with van der Waals surface area (Å²) in [5.41, 5.74) is 2.39. The number of rotatable bonds is 7. The Morgan fingerprint density at radius 1 is 1.17 bits per heavy atom. The highest BCUT2D eigenvalue weighted by molar-refractivity contribution is 7.85. The van der Waals surface area contributed by atoms with Crippen LogP contribution in [-0.4, -0.2) is 49.3 Å². The SMILES string of the molecule is CCCN1CCC(S(=O)c2ccc(CNC(=O)c3ccc4nccn4c3)cc2)CC1. The van der Waals surface area contributed by atoms with Gasteiger partial charge in [0.2, 0.25) is 0 Å². The van der Waals surface area contributed by atoms with E-state index < -0.39 is 10.8 Å². The molecule has 4 rings (SSSR count). The van der Waals surface area contributed by atoms with Crippen LogP contribution in [-0.2, 0) is 17.3 Å². The predicted octanol–water partition coefficient (Wildman–Crippen LogP) is 3.25. The van der Waals surface area contributed by atoms with Gasteiger partial charge in [-0.1, -0.05) is 19.1 Å². The van der Waals surface area contributed by atoms with Gasteiger partial charge in [-0.2, -0.15) is 0 Å². The Balaban J connectivity index is 1.31. The molecule has 0 aliphatic carbocycles. The summed E-state index contributed by atoms with van der Waals surface area (Å²) in [5, 5.41) is 3.18. The lowest BCUT2D eigenvalue weighted by molar-refractivity contribution is 0.0950. The fourth-order valence-corrected chi connectivity index (χ4v) is 5.36. The van der Waals surface area contributed by atoms with Crippen LogP contribution in [0.1, 0.15) is 42.1 Å². The standard InChI is InChI=1S/C23H28N4O2S/c1-2-12-26-13-9-21(10-14-26)30(29)20-6-3-18(4-7-20)16-25-23(28)19-5-8-22-24-11-15-27(22)17-19/h3-8,11,15,17,21H,2,9-10,12-14,16H2,1H3,(H,25,28). The van der Waals surface area contributed by atoms with Gasteiger partial charge in [0, 0.05) is 35.3 Å². The fraction of sp³-hybridized carbons (Fsp3) is 0.391. The maximum Gasteiger partial charge on any atom is 0.253 e. The highest BCUT2D eigenvalue weighted by Gasteiger charge is 2.24. The molecular weight excluding hydrogens is 396 g/mol. The van der Waals surface area contributed by atoms with E-state index in [1.807, 2.05) is 40.9 Å². The van der Waals surface area contributed by atoms with Crippen molar-refractivity contribution in [2.24, 2.45) is 0 Å². The molecule has 1 aromatic carbocycles. The van der Waals surface area contributed by atoms with Gasteiger partial charge >= 0.3 is 0 Å². The summed E-state index contributed by atoms with van der Waals surface area (Å²) in [5.74, 6) is -0.128. The van der Waals surface area contributed by atoms with Crippen molar-refractivity contribution in [3.8, 4) is 0 Å². The molecule has 1 fully saturated rings. The molecule has 3 heterocycles. The first-order valence-corrected chi connectivity index (χ1v) is 11.8. The quantitative estimate of drug-likeness (QED) is 0.632. The van der Waals surface area contributed by atoms with E-state index in [4.69, 9.17) is 0 Å². The highest BCUT2D eigenvalue weighted by Crippen LogP contribution is 2.21. The largest absolute Gasteiger partial charge is 0.348 e. The van der Waals surface area contributed by atoms with Gasteiger partial charge in [-0.15, -0.1) is 0 Å². The number of nitrogens with one attached hydrogen (secondary N) is 1. The van der Waals surface area contributed by atoms with Crippen LogP contribution in [0.2, 0.25) is 0 Å². The Morgan fingerprint density at radius 3 is 2.67 bits per heavy atom. The number of hydrogen-bond donors (Lipinski definition) is 1. The Bertz CT molecular complexity index is 1020. The van der Waals surface area contributed by atoms with Crippen LogP contribution in [0.4, 0.5) is 0 Å². The van der Waals surface area contributed by atoms with Crippen molar-refractivity contribution >= 4 is 22.4 Å². The smallest absolute Gasteiger partial charge is 0.253 e. The predicted molar refractivity (Wildman–Crippen MR) is 119 cm³/mol. The van der Waals surface area contributed by atoms with Gasteiger partial charge in [0.1, 0.15) is 5.65 Å². The molecule has 1 saturated heterocycles. The van der Waals surface area contributed by atoms with E-state index in [9.17, 15) is 9.00 Å². The van der Waals surface area contributed by atoms with E-state index in [1.165, 1.54) is 6.42 Å². The molecule has 2 aromatic heterocycles. The van der Waals surface area contributed by atoms with Crippen molar-refractivity contribution in [2.45, 2.75) is 42.9 Å². The number of benzene rings is 1. The number of aromatic nitrogens is 2. The number of carbonyl (C=O) groups is 1. The van der Waals surface area contributed by atoms with Gasteiger partial charge < -0.3 is 14.6 Å².